The number of hydrogen-bond acceptors (Lipinski definition) is 5. The second-order valence-corrected chi connectivity index (χ2v) is 11.2. The first-order valence-electron chi connectivity index (χ1n) is 11.0. The molecule has 4 aliphatic rings. The van der Waals surface area contributed by atoms with Gasteiger partial charge >= 0.3 is 0 Å². The van der Waals surface area contributed by atoms with Crippen molar-refractivity contribution in [3.63, 3.8) is 0 Å². The third-order valence-electron chi connectivity index (χ3n) is 9.05. The largest absolute Gasteiger partial charge is 0.381 e. The van der Waals surface area contributed by atoms with E-state index in [2.05, 4.69) is 13.8 Å². The third-order valence-corrected chi connectivity index (χ3v) is 10.0. The number of amides is 1. The van der Waals surface area contributed by atoms with Crippen molar-refractivity contribution in [2.75, 3.05) is 11.5 Å². The number of primary amides is 1. The molecule has 4 aliphatic carbocycles. The molecule has 0 spiro atoms. The average molecular weight is 420 g/mol. The lowest BCUT2D eigenvalue weighted by Gasteiger charge is -2.58. The molecule has 0 saturated heterocycles. The second kappa shape index (κ2) is 7.23. The molecule has 4 rings (SSSR count). The normalized spacial score (nSPS) is 43.8. The molecule has 0 radical (unpaired) electrons. The number of Topliss-reactive ketones (excluding diaryl/α,β-unsaturated/α-hetero) is 1. The van der Waals surface area contributed by atoms with Crippen LogP contribution in [-0.2, 0) is 14.4 Å². The van der Waals surface area contributed by atoms with Crippen molar-refractivity contribution in [3.8, 4) is 0 Å². The van der Waals surface area contributed by atoms with Crippen LogP contribution >= 0.6 is 11.8 Å². The van der Waals surface area contributed by atoms with Crippen LogP contribution in [0.4, 0.5) is 0 Å². The summed E-state index contributed by atoms with van der Waals surface area (Å²) in [6.07, 6.45) is 8.77. The summed E-state index contributed by atoms with van der Waals surface area (Å²) in [7, 11) is 0. The standard InChI is InChI=1S/C23H33NO4S/c1-21-8-5-15(25)11-14(21)3-4-16-17(21)6-9-22(2)18(16)7-10-23(22,28)19(26)12-29-13-20(24)27/h11,16-18,28H,3-10,12-13H2,1-2H3,(H2,24,27)/t16-,17+,18-,21+,22+,23+/m1/s1. The van der Waals surface area contributed by atoms with Gasteiger partial charge in [0.25, 0.3) is 0 Å². The molecule has 0 unspecified atom stereocenters. The molecule has 3 saturated carbocycles. The van der Waals surface area contributed by atoms with Gasteiger partial charge < -0.3 is 10.8 Å². The van der Waals surface area contributed by atoms with Crippen molar-refractivity contribution in [2.45, 2.75) is 70.8 Å². The van der Waals surface area contributed by atoms with E-state index in [1.165, 1.54) is 17.3 Å². The fourth-order valence-corrected chi connectivity index (χ4v) is 8.12. The molecule has 3 fully saturated rings. The Morgan fingerprint density at radius 3 is 2.55 bits per heavy atom. The molecule has 5 nitrogen and oxygen atoms in total. The summed E-state index contributed by atoms with van der Waals surface area (Å²) in [4.78, 5) is 36.0. The van der Waals surface area contributed by atoms with Crippen LogP contribution in [-0.4, -0.2) is 39.7 Å². The van der Waals surface area contributed by atoms with E-state index in [4.69, 9.17) is 5.73 Å². The van der Waals surface area contributed by atoms with Gasteiger partial charge in [0.2, 0.25) is 5.91 Å². The molecule has 1 amide bonds. The van der Waals surface area contributed by atoms with Crippen LogP contribution in [0.5, 0.6) is 0 Å². The molecule has 0 bridgehead atoms. The lowest BCUT2D eigenvalue weighted by molar-refractivity contribution is -0.159. The van der Waals surface area contributed by atoms with Gasteiger partial charge in [0.05, 0.1) is 11.5 Å². The fourth-order valence-electron chi connectivity index (χ4n) is 7.40. The summed E-state index contributed by atoms with van der Waals surface area (Å²) in [5, 5.41) is 11.6. The van der Waals surface area contributed by atoms with E-state index < -0.39 is 16.9 Å². The minimum absolute atomic E-state index is 0.0974. The molecule has 6 atom stereocenters. The molecule has 0 heterocycles. The van der Waals surface area contributed by atoms with Crippen LogP contribution in [0, 0.1) is 28.6 Å². The summed E-state index contributed by atoms with van der Waals surface area (Å²) in [6.45, 7) is 4.47. The number of carbonyl (C=O) groups excluding carboxylic acids is 3. The molecule has 29 heavy (non-hydrogen) atoms. The summed E-state index contributed by atoms with van der Waals surface area (Å²) in [6, 6.07) is 0. The Labute approximate surface area is 177 Å². The van der Waals surface area contributed by atoms with E-state index >= 15 is 0 Å². The number of aliphatic hydroxyl groups is 1. The number of carbonyl (C=O) groups is 3. The van der Waals surface area contributed by atoms with E-state index in [1.54, 1.807) is 0 Å². The van der Waals surface area contributed by atoms with Crippen LogP contribution in [0.1, 0.15) is 65.2 Å². The Morgan fingerprint density at radius 1 is 1.10 bits per heavy atom. The van der Waals surface area contributed by atoms with E-state index in [9.17, 15) is 19.5 Å². The van der Waals surface area contributed by atoms with Crippen molar-refractivity contribution in [2.24, 2.45) is 34.3 Å². The van der Waals surface area contributed by atoms with Crippen LogP contribution in [0.15, 0.2) is 11.6 Å². The molecule has 3 N–H and O–H groups in total. The predicted molar refractivity (Wildman–Crippen MR) is 113 cm³/mol. The van der Waals surface area contributed by atoms with Crippen LogP contribution in [0.2, 0.25) is 0 Å². The number of thioether (sulfide) groups is 1. The highest BCUT2D eigenvalue weighted by Crippen LogP contribution is 2.67. The van der Waals surface area contributed by atoms with Crippen molar-refractivity contribution < 1.29 is 19.5 Å². The quantitative estimate of drug-likeness (QED) is 0.714. The zero-order valence-electron chi connectivity index (χ0n) is 17.5. The van der Waals surface area contributed by atoms with Crippen LogP contribution < -0.4 is 5.73 Å². The Bertz CT molecular complexity index is 779. The number of allylic oxidation sites excluding steroid dienone is 1. The van der Waals surface area contributed by atoms with E-state index in [-0.39, 0.29) is 28.5 Å². The fraction of sp³-hybridized carbons (Fsp3) is 0.783. The third kappa shape index (κ3) is 3.13. The number of hydrogen-bond donors (Lipinski definition) is 2. The summed E-state index contributed by atoms with van der Waals surface area (Å²) < 4.78 is 0. The van der Waals surface area contributed by atoms with Gasteiger partial charge in [-0.25, -0.2) is 0 Å². The first-order valence-corrected chi connectivity index (χ1v) is 12.1. The SMILES string of the molecule is C[C@]12CCC(=O)C=C1CC[C@H]1[C@H]3CC[C@](O)(C(=O)CSCC(N)=O)[C@@]3(C)CC[C@@H]12. The van der Waals surface area contributed by atoms with Gasteiger partial charge in [-0.05, 0) is 74.2 Å². The van der Waals surface area contributed by atoms with E-state index in [0.717, 1.165) is 38.5 Å². The number of ketones is 2. The van der Waals surface area contributed by atoms with E-state index in [0.29, 0.717) is 30.6 Å². The highest BCUT2D eigenvalue weighted by Gasteiger charge is 2.65. The molecular weight excluding hydrogens is 386 g/mol. The Hall–Kier alpha value is -1.14. The maximum Gasteiger partial charge on any atom is 0.227 e. The molecule has 0 aromatic heterocycles. The number of rotatable bonds is 5. The molecule has 160 valence electrons. The molecule has 0 aromatic rings. The zero-order chi connectivity index (χ0) is 21.0. The van der Waals surface area contributed by atoms with Gasteiger partial charge in [0.15, 0.2) is 11.6 Å². The Morgan fingerprint density at radius 2 is 1.83 bits per heavy atom. The smallest absolute Gasteiger partial charge is 0.227 e. The first-order chi connectivity index (χ1) is 13.6. The molecular formula is C23H33NO4S. The lowest BCUT2D eigenvalue weighted by atomic mass is 9.46. The average Bonchev–Trinajstić information content (AvgIpc) is 2.94. The molecule has 6 heteroatoms. The second-order valence-electron chi connectivity index (χ2n) is 10.2. The number of nitrogens with two attached hydrogens (primary N) is 1. The molecule has 0 aromatic carbocycles. The summed E-state index contributed by atoms with van der Waals surface area (Å²) >= 11 is 1.21. The summed E-state index contributed by atoms with van der Waals surface area (Å²) in [5.41, 5.74) is 4.92. The van der Waals surface area contributed by atoms with E-state index in [1.807, 2.05) is 6.08 Å². The van der Waals surface area contributed by atoms with Gasteiger partial charge in [0.1, 0.15) is 5.60 Å². The minimum atomic E-state index is -1.30. The minimum Gasteiger partial charge on any atom is -0.381 e. The van der Waals surface area contributed by atoms with Crippen molar-refractivity contribution >= 4 is 29.2 Å². The van der Waals surface area contributed by atoms with Crippen molar-refractivity contribution in [3.05, 3.63) is 11.6 Å². The predicted octanol–water partition coefficient (Wildman–Crippen LogP) is 3.04. The molecule has 0 aliphatic heterocycles. The Kier molecular flexibility index (Phi) is 5.26. The van der Waals surface area contributed by atoms with Gasteiger partial charge in [-0.3, -0.25) is 14.4 Å². The zero-order valence-corrected chi connectivity index (χ0v) is 18.4. The highest BCUT2D eigenvalue weighted by molar-refractivity contribution is 8.00. The Balaban J connectivity index is 1.56. The van der Waals surface area contributed by atoms with Crippen molar-refractivity contribution in [1.29, 1.82) is 0 Å². The topological polar surface area (TPSA) is 97.5 Å². The first kappa shape index (κ1) is 21.1. The highest BCUT2D eigenvalue weighted by atomic mass is 32.2. The van der Waals surface area contributed by atoms with Gasteiger partial charge in [-0.1, -0.05) is 19.4 Å². The maximum absolute atomic E-state index is 13.0. The maximum atomic E-state index is 13.0. The van der Waals surface area contributed by atoms with Crippen molar-refractivity contribution in [1.82, 2.24) is 0 Å². The monoisotopic (exact) mass is 419 g/mol. The number of fused-ring (bicyclic) bond motifs is 5. The van der Waals surface area contributed by atoms with Gasteiger partial charge in [-0.2, -0.15) is 0 Å². The van der Waals surface area contributed by atoms with Crippen LogP contribution in [0.3, 0.4) is 0 Å². The lowest BCUT2D eigenvalue weighted by Crippen LogP contribution is -2.58. The summed E-state index contributed by atoms with van der Waals surface area (Å²) in [5.74, 6) is 1.33. The van der Waals surface area contributed by atoms with Gasteiger partial charge in [0, 0.05) is 11.8 Å². The van der Waals surface area contributed by atoms with Gasteiger partial charge in [-0.15, -0.1) is 11.8 Å². The van der Waals surface area contributed by atoms with Crippen LogP contribution in [0.25, 0.3) is 0 Å².